The van der Waals surface area contributed by atoms with Gasteiger partial charge in [-0.15, -0.1) is 24.8 Å². The number of carbonyl (C=O) groups is 1. The Kier molecular flexibility index (Phi) is 8.05. The first-order valence-corrected chi connectivity index (χ1v) is 7.34. The molecule has 0 radical (unpaired) electrons. The summed E-state index contributed by atoms with van der Waals surface area (Å²) in [5.74, 6) is -0.107. The van der Waals surface area contributed by atoms with Crippen molar-refractivity contribution >= 4 is 36.4 Å². The highest BCUT2D eigenvalue weighted by Crippen LogP contribution is 2.17. The third-order valence-electron chi connectivity index (χ3n) is 4.00. The molecule has 2 saturated heterocycles. The highest BCUT2D eigenvalue weighted by Gasteiger charge is 2.28. The van der Waals surface area contributed by atoms with E-state index in [0.717, 1.165) is 25.3 Å². The normalized spacial score (nSPS) is 21.2. The highest BCUT2D eigenvalue weighted by atomic mass is 35.5. The van der Waals surface area contributed by atoms with E-state index in [2.05, 4.69) is 10.2 Å². The van der Waals surface area contributed by atoms with E-state index in [1.54, 1.807) is 12.1 Å². The number of nitrogens with one attached hydrogen (secondary N) is 1. The second-order valence-corrected chi connectivity index (χ2v) is 5.37. The minimum atomic E-state index is -0.226. The molecule has 0 spiro atoms. The van der Waals surface area contributed by atoms with Crippen molar-refractivity contribution in [1.82, 2.24) is 10.2 Å². The molecule has 1 atom stereocenters. The average molecular weight is 366 g/mol. The molecule has 0 aliphatic carbocycles. The third-order valence-corrected chi connectivity index (χ3v) is 4.00. The van der Waals surface area contributed by atoms with E-state index in [1.807, 2.05) is 4.90 Å². The topological polar surface area (TPSA) is 44.8 Å². The van der Waals surface area contributed by atoms with E-state index in [1.165, 1.54) is 12.1 Å². The van der Waals surface area contributed by atoms with Gasteiger partial charge in [-0.3, -0.25) is 4.79 Å². The van der Waals surface area contributed by atoms with Crippen LogP contribution in [0.5, 0.6) is 0 Å². The Morgan fingerprint density at radius 3 is 2.35 bits per heavy atom. The first kappa shape index (κ1) is 20.0. The monoisotopic (exact) mass is 365 g/mol. The van der Waals surface area contributed by atoms with Gasteiger partial charge in [0.25, 0.3) is 0 Å². The van der Waals surface area contributed by atoms with Crippen LogP contribution in [0.1, 0.15) is 0 Å². The van der Waals surface area contributed by atoms with Crippen molar-refractivity contribution in [3.05, 3.63) is 30.1 Å². The van der Waals surface area contributed by atoms with E-state index < -0.39 is 0 Å². The maximum atomic E-state index is 12.9. The van der Waals surface area contributed by atoms with Crippen molar-refractivity contribution in [1.29, 1.82) is 0 Å². The molecular weight excluding hydrogens is 344 g/mol. The molecule has 0 saturated carbocycles. The number of morpholine rings is 1. The fourth-order valence-corrected chi connectivity index (χ4v) is 2.78. The molecule has 1 unspecified atom stereocenters. The molecule has 5 nitrogen and oxygen atoms in total. The SMILES string of the molecule is Cl.Cl.O=C(C1COCCN1)N1CCN(c2ccc(F)cc2)CC1. The average Bonchev–Trinajstić information content (AvgIpc) is 2.56. The van der Waals surface area contributed by atoms with E-state index in [-0.39, 0.29) is 42.6 Å². The lowest BCUT2D eigenvalue weighted by atomic mass is 10.2. The second-order valence-electron chi connectivity index (χ2n) is 5.37. The van der Waals surface area contributed by atoms with Crippen LogP contribution in [-0.2, 0) is 9.53 Å². The van der Waals surface area contributed by atoms with Crippen LogP contribution in [0.2, 0.25) is 0 Å². The smallest absolute Gasteiger partial charge is 0.242 e. The summed E-state index contributed by atoms with van der Waals surface area (Å²) in [6.45, 7) is 4.77. The van der Waals surface area contributed by atoms with Crippen molar-refractivity contribution in [2.24, 2.45) is 0 Å². The number of piperazine rings is 1. The number of nitrogens with zero attached hydrogens (tertiary/aromatic N) is 2. The lowest BCUT2D eigenvalue weighted by molar-refractivity contribution is -0.136. The van der Waals surface area contributed by atoms with E-state index in [4.69, 9.17) is 4.74 Å². The van der Waals surface area contributed by atoms with Gasteiger partial charge >= 0.3 is 0 Å². The van der Waals surface area contributed by atoms with Crippen molar-refractivity contribution in [2.45, 2.75) is 6.04 Å². The first-order valence-electron chi connectivity index (χ1n) is 7.34. The molecule has 2 aliphatic rings. The third kappa shape index (κ3) is 4.94. The molecule has 130 valence electrons. The van der Waals surface area contributed by atoms with E-state index >= 15 is 0 Å². The Labute approximate surface area is 148 Å². The molecule has 1 amide bonds. The molecular formula is C15H22Cl2FN3O2. The van der Waals surface area contributed by atoms with Gasteiger partial charge in [0.1, 0.15) is 11.9 Å². The lowest BCUT2D eigenvalue weighted by Crippen LogP contribution is -2.57. The lowest BCUT2D eigenvalue weighted by Gasteiger charge is -2.38. The maximum Gasteiger partial charge on any atom is 0.242 e. The van der Waals surface area contributed by atoms with Crippen LogP contribution in [0, 0.1) is 5.82 Å². The van der Waals surface area contributed by atoms with Crippen molar-refractivity contribution in [3.8, 4) is 0 Å². The van der Waals surface area contributed by atoms with Gasteiger partial charge in [0, 0.05) is 38.4 Å². The van der Waals surface area contributed by atoms with Gasteiger partial charge in [-0.2, -0.15) is 0 Å². The standard InChI is InChI=1S/C15H20FN3O2.2ClH/c16-12-1-3-13(4-2-12)18-6-8-19(9-7-18)15(20)14-11-21-10-5-17-14;;/h1-4,14,17H,5-11H2;2*1H. The molecule has 0 aromatic heterocycles. The first-order chi connectivity index (χ1) is 10.2. The van der Waals surface area contributed by atoms with Gasteiger partial charge < -0.3 is 19.9 Å². The van der Waals surface area contributed by atoms with Crippen LogP contribution >= 0.6 is 24.8 Å². The summed E-state index contributed by atoms with van der Waals surface area (Å²) in [7, 11) is 0. The summed E-state index contributed by atoms with van der Waals surface area (Å²) in [4.78, 5) is 16.4. The van der Waals surface area contributed by atoms with Gasteiger partial charge in [-0.05, 0) is 24.3 Å². The maximum absolute atomic E-state index is 12.9. The number of amides is 1. The predicted octanol–water partition coefficient (Wildman–Crippen LogP) is 1.31. The van der Waals surface area contributed by atoms with Gasteiger partial charge in [-0.25, -0.2) is 4.39 Å². The zero-order valence-electron chi connectivity index (χ0n) is 12.7. The number of ether oxygens (including phenoxy) is 1. The summed E-state index contributed by atoms with van der Waals surface area (Å²) in [5, 5.41) is 3.19. The Bertz CT molecular complexity index is 490. The summed E-state index contributed by atoms with van der Waals surface area (Å²) in [5.41, 5.74) is 1.00. The number of hydrogen-bond acceptors (Lipinski definition) is 4. The highest BCUT2D eigenvalue weighted by molar-refractivity contribution is 5.85. The molecule has 8 heteroatoms. The van der Waals surface area contributed by atoms with Gasteiger partial charge in [-0.1, -0.05) is 0 Å². The molecule has 23 heavy (non-hydrogen) atoms. The Hall–Kier alpha value is -1.08. The van der Waals surface area contributed by atoms with Gasteiger partial charge in [0.15, 0.2) is 0 Å². The zero-order chi connectivity index (χ0) is 14.7. The van der Waals surface area contributed by atoms with Crippen molar-refractivity contribution in [3.63, 3.8) is 0 Å². The molecule has 1 aromatic rings. The second kappa shape index (κ2) is 9.27. The molecule has 2 heterocycles. The molecule has 2 aliphatic heterocycles. The van der Waals surface area contributed by atoms with Crippen LogP contribution in [0.25, 0.3) is 0 Å². The van der Waals surface area contributed by atoms with E-state index in [9.17, 15) is 9.18 Å². The van der Waals surface area contributed by atoms with Crippen LogP contribution in [0.4, 0.5) is 10.1 Å². The number of anilines is 1. The number of benzene rings is 1. The Morgan fingerprint density at radius 1 is 1.13 bits per heavy atom. The summed E-state index contributed by atoms with van der Waals surface area (Å²) >= 11 is 0. The molecule has 2 fully saturated rings. The summed E-state index contributed by atoms with van der Waals surface area (Å²) < 4.78 is 18.3. The molecule has 1 aromatic carbocycles. The van der Waals surface area contributed by atoms with Crippen LogP contribution < -0.4 is 10.2 Å². The quantitative estimate of drug-likeness (QED) is 0.857. The molecule has 0 bridgehead atoms. The summed E-state index contributed by atoms with van der Waals surface area (Å²) in [6, 6.07) is 6.29. The molecule has 3 rings (SSSR count). The largest absolute Gasteiger partial charge is 0.378 e. The van der Waals surface area contributed by atoms with Crippen molar-refractivity contribution < 1.29 is 13.9 Å². The predicted molar refractivity (Wildman–Crippen MR) is 92.3 cm³/mol. The van der Waals surface area contributed by atoms with Crippen LogP contribution in [-0.4, -0.2) is 62.8 Å². The fraction of sp³-hybridized carbons (Fsp3) is 0.533. The minimum Gasteiger partial charge on any atom is -0.378 e. The number of halogens is 3. The Morgan fingerprint density at radius 2 is 1.78 bits per heavy atom. The summed E-state index contributed by atoms with van der Waals surface area (Å²) in [6.07, 6.45) is 0. The van der Waals surface area contributed by atoms with Crippen LogP contribution in [0.15, 0.2) is 24.3 Å². The van der Waals surface area contributed by atoms with E-state index in [0.29, 0.717) is 26.3 Å². The van der Waals surface area contributed by atoms with Gasteiger partial charge in [0.2, 0.25) is 5.91 Å². The van der Waals surface area contributed by atoms with Crippen LogP contribution in [0.3, 0.4) is 0 Å². The Balaban J connectivity index is 0.00000132. The number of rotatable bonds is 2. The fourth-order valence-electron chi connectivity index (χ4n) is 2.78. The number of hydrogen-bond donors (Lipinski definition) is 1. The zero-order valence-corrected chi connectivity index (χ0v) is 14.4. The minimum absolute atomic E-state index is 0. The number of carbonyl (C=O) groups excluding carboxylic acids is 1. The molecule has 1 N–H and O–H groups in total. The van der Waals surface area contributed by atoms with Crippen molar-refractivity contribution in [2.75, 3.05) is 50.8 Å². The van der Waals surface area contributed by atoms with Gasteiger partial charge in [0.05, 0.1) is 13.2 Å².